The number of allylic oxidation sites excluding steroid dienone is 8. The Balaban J connectivity index is 2.46. The highest BCUT2D eigenvalue weighted by Gasteiger charge is 1.87. The van der Waals surface area contributed by atoms with Crippen molar-refractivity contribution in [2.24, 2.45) is 0 Å². The van der Waals surface area contributed by atoms with Crippen molar-refractivity contribution >= 4 is 5.78 Å². The van der Waals surface area contributed by atoms with E-state index in [-0.39, 0.29) is 5.78 Å². The first-order valence-electron chi connectivity index (χ1n) is 6.06. The van der Waals surface area contributed by atoms with Crippen molar-refractivity contribution in [2.45, 2.75) is 38.5 Å². The highest BCUT2D eigenvalue weighted by molar-refractivity contribution is 5.99. The quantitative estimate of drug-likeness (QED) is 0.556. The molecule has 0 spiro atoms. The Kier molecular flexibility index (Phi) is 7.06. The second-order valence-corrected chi connectivity index (χ2v) is 3.89. The molecule has 1 rings (SSSR count). The van der Waals surface area contributed by atoms with Crippen molar-refractivity contribution in [2.75, 3.05) is 0 Å². The maximum Gasteiger partial charge on any atom is 0.178 e. The molecule has 0 unspecified atom stereocenters. The Morgan fingerprint density at radius 2 is 1.31 bits per heavy atom. The zero-order valence-electron chi connectivity index (χ0n) is 9.77. The maximum absolute atomic E-state index is 11.3. The third-order valence-corrected chi connectivity index (χ3v) is 2.41. The minimum absolute atomic E-state index is 0.0900. The van der Waals surface area contributed by atoms with Crippen molar-refractivity contribution < 1.29 is 4.79 Å². The average molecular weight is 216 g/mol. The highest BCUT2D eigenvalue weighted by atomic mass is 16.1. The van der Waals surface area contributed by atoms with Crippen molar-refractivity contribution in [3.8, 4) is 0 Å². The topological polar surface area (TPSA) is 17.1 Å². The highest BCUT2D eigenvalue weighted by Crippen LogP contribution is 2.02. The van der Waals surface area contributed by atoms with Gasteiger partial charge in [0.15, 0.2) is 5.78 Å². The van der Waals surface area contributed by atoms with Crippen LogP contribution in [-0.2, 0) is 4.79 Å². The molecule has 86 valence electrons. The van der Waals surface area contributed by atoms with Crippen LogP contribution in [0, 0.1) is 0 Å². The van der Waals surface area contributed by atoms with E-state index in [1.54, 1.807) is 12.2 Å². The lowest BCUT2D eigenvalue weighted by atomic mass is 10.2. The molecule has 0 heterocycles. The summed E-state index contributed by atoms with van der Waals surface area (Å²) in [5.74, 6) is 0.0900. The summed E-state index contributed by atoms with van der Waals surface area (Å²) in [6.45, 7) is 0. The van der Waals surface area contributed by atoms with E-state index in [1.165, 1.54) is 6.42 Å². The molecule has 0 aliphatic heterocycles. The minimum Gasteiger partial charge on any atom is -0.290 e. The fourth-order valence-electron chi connectivity index (χ4n) is 1.51. The van der Waals surface area contributed by atoms with E-state index in [0.29, 0.717) is 0 Å². The molecule has 0 saturated carbocycles. The molecule has 1 heteroatoms. The first-order valence-corrected chi connectivity index (χ1v) is 6.06. The lowest BCUT2D eigenvalue weighted by Crippen LogP contribution is -1.84. The van der Waals surface area contributed by atoms with E-state index >= 15 is 0 Å². The predicted octanol–water partition coefficient (Wildman–Crippen LogP) is 4.13. The van der Waals surface area contributed by atoms with Crippen LogP contribution in [0.4, 0.5) is 0 Å². The number of hydrogen-bond acceptors (Lipinski definition) is 1. The van der Waals surface area contributed by atoms with E-state index in [0.717, 1.165) is 32.1 Å². The molecular formula is C15H20O. The number of hydrogen-bond donors (Lipinski definition) is 0. The Labute approximate surface area is 98.2 Å². The molecule has 0 aromatic carbocycles. The summed E-state index contributed by atoms with van der Waals surface area (Å²) in [7, 11) is 0. The van der Waals surface area contributed by atoms with Gasteiger partial charge in [-0.1, -0.05) is 36.5 Å². The van der Waals surface area contributed by atoms with Gasteiger partial charge in [0.1, 0.15) is 0 Å². The molecular weight excluding hydrogens is 196 g/mol. The Morgan fingerprint density at radius 1 is 0.688 bits per heavy atom. The smallest absolute Gasteiger partial charge is 0.178 e. The van der Waals surface area contributed by atoms with Gasteiger partial charge in [-0.25, -0.2) is 0 Å². The van der Waals surface area contributed by atoms with Gasteiger partial charge in [0, 0.05) is 0 Å². The second kappa shape index (κ2) is 8.90. The van der Waals surface area contributed by atoms with Crippen LogP contribution < -0.4 is 0 Å². The number of ketones is 1. The van der Waals surface area contributed by atoms with Gasteiger partial charge >= 0.3 is 0 Å². The first kappa shape index (κ1) is 12.7. The normalized spacial score (nSPS) is 19.4. The van der Waals surface area contributed by atoms with Crippen LogP contribution in [0.3, 0.4) is 0 Å². The minimum atomic E-state index is 0.0900. The van der Waals surface area contributed by atoms with Gasteiger partial charge < -0.3 is 0 Å². The Bertz CT molecular complexity index is 305. The molecule has 1 aliphatic rings. The molecule has 0 radical (unpaired) electrons. The summed E-state index contributed by atoms with van der Waals surface area (Å²) >= 11 is 0. The lowest BCUT2D eigenvalue weighted by molar-refractivity contribution is -0.110. The second-order valence-electron chi connectivity index (χ2n) is 3.89. The van der Waals surface area contributed by atoms with Crippen LogP contribution in [0.5, 0.6) is 0 Å². The van der Waals surface area contributed by atoms with Crippen molar-refractivity contribution in [3.05, 3.63) is 48.6 Å². The molecule has 1 aliphatic carbocycles. The van der Waals surface area contributed by atoms with Crippen LogP contribution in [0.1, 0.15) is 38.5 Å². The molecule has 0 bridgehead atoms. The summed E-state index contributed by atoms with van der Waals surface area (Å²) in [5.41, 5.74) is 0. The molecule has 0 saturated heterocycles. The van der Waals surface area contributed by atoms with Gasteiger partial charge in [-0.05, 0) is 50.7 Å². The summed E-state index contributed by atoms with van der Waals surface area (Å²) < 4.78 is 0. The van der Waals surface area contributed by atoms with E-state index in [2.05, 4.69) is 24.3 Å². The maximum atomic E-state index is 11.3. The van der Waals surface area contributed by atoms with E-state index < -0.39 is 0 Å². The van der Waals surface area contributed by atoms with E-state index in [9.17, 15) is 4.79 Å². The molecule has 0 amide bonds. The van der Waals surface area contributed by atoms with Gasteiger partial charge in [0.2, 0.25) is 0 Å². The average Bonchev–Trinajstić information content (AvgIpc) is 2.29. The largest absolute Gasteiger partial charge is 0.290 e. The Hall–Kier alpha value is -1.37. The third-order valence-electron chi connectivity index (χ3n) is 2.41. The van der Waals surface area contributed by atoms with Crippen molar-refractivity contribution in [3.63, 3.8) is 0 Å². The SMILES string of the molecule is O=C1C=CCC=CCCCC=CCCC=C1. The molecule has 16 heavy (non-hydrogen) atoms. The van der Waals surface area contributed by atoms with Gasteiger partial charge in [-0.2, -0.15) is 0 Å². The van der Waals surface area contributed by atoms with Crippen LogP contribution in [0.25, 0.3) is 0 Å². The van der Waals surface area contributed by atoms with Gasteiger partial charge in [-0.3, -0.25) is 4.79 Å². The number of carbonyl (C=O) groups is 1. The fourth-order valence-corrected chi connectivity index (χ4v) is 1.51. The van der Waals surface area contributed by atoms with E-state index in [1.807, 2.05) is 12.2 Å². The number of rotatable bonds is 0. The molecule has 0 aromatic heterocycles. The van der Waals surface area contributed by atoms with Crippen molar-refractivity contribution in [1.29, 1.82) is 0 Å². The lowest BCUT2D eigenvalue weighted by Gasteiger charge is -1.90. The molecule has 0 aromatic rings. The number of carbonyl (C=O) groups excluding carboxylic acids is 1. The molecule has 0 fully saturated rings. The van der Waals surface area contributed by atoms with Gasteiger partial charge in [0.25, 0.3) is 0 Å². The standard InChI is InChI=1S/C15H20O/c16-15-13-11-9-7-5-3-1-2-4-6-8-10-12-14-15/h3,5-6,8,11-14H,1-2,4,7,9-10H2. The summed E-state index contributed by atoms with van der Waals surface area (Å²) in [6, 6.07) is 0. The van der Waals surface area contributed by atoms with Gasteiger partial charge in [0.05, 0.1) is 0 Å². The first-order chi connectivity index (χ1) is 7.89. The van der Waals surface area contributed by atoms with Crippen LogP contribution >= 0.6 is 0 Å². The predicted molar refractivity (Wildman–Crippen MR) is 69.3 cm³/mol. The molecule has 0 atom stereocenters. The molecule has 0 N–H and O–H groups in total. The summed E-state index contributed by atoms with van der Waals surface area (Å²) in [6.07, 6.45) is 22.3. The summed E-state index contributed by atoms with van der Waals surface area (Å²) in [4.78, 5) is 11.3. The van der Waals surface area contributed by atoms with Crippen LogP contribution in [0.2, 0.25) is 0 Å². The zero-order chi connectivity index (χ0) is 11.5. The Morgan fingerprint density at radius 3 is 2.19 bits per heavy atom. The van der Waals surface area contributed by atoms with Crippen molar-refractivity contribution in [1.82, 2.24) is 0 Å². The zero-order valence-corrected chi connectivity index (χ0v) is 9.77. The van der Waals surface area contributed by atoms with Crippen LogP contribution in [0.15, 0.2) is 48.6 Å². The molecule has 1 nitrogen and oxygen atoms in total. The fraction of sp³-hybridized carbons (Fsp3) is 0.400. The van der Waals surface area contributed by atoms with E-state index in [4.69, 9.17) is 0 Å². The van der Waals surface area contributed by atoms with Gasteiger partial charge in [-0.15, -0.1) is 0 Å². The summed E-state index contributed by atoms with van der Waals surface area (Å²) in [5, 5.41) is 0. The third kappa shape index (κ3) is 6.99. The van der Waals surface area contributed by atoms with Crippen LogP contribution in [-0.4, -0.2) is 5.78 Å². The monoisotopic (exact) mass is 216 g/mol.